The van der Waals surface area contributed by atoms with Gasteiger partial charge < -0.3 is 10.3 Å². The van der Waals surface area contributed by atoms with Crippen LogP contribution in [0.15, 0.2) is 35.1 Å². The molecule has 18 heavy (non-hydrogen) atoms. The summed E-state index contributed by atoms with van der Waals surface area (Å²) < 4.78 is 0. The third-order valence-electron chi connectivity index (χ3n) is 3.99. The highest BCUT2D eigenvalue weighted by atomic mass is 16.1. The number of anilines is 1. The fourth-order valence-electron chi connectivity index (χ4n) is 2.59. The average molecular weight is 242 g/mol. The standard InChI is InChI=1S/C15H18N2O/c1-10(11-6-4-7-11)16-14-9-12-5-2-3-8-13(12)15(18)17-14/h2-3,5,8-11H,4,6-7H2,1H3,(H2,16,17,18). The van der Waals surface area contributed by atoms with Gasteiger partial charge in [0.25, 0.3) is 5.56 Å². The SMILES string of the molecule is CC(Nc1cc2ccccc2c(=O)[nH]1)C1CCC1. The Labute approximate surface area is 106 Å². The van der Waals surface area contributed by atoms with Crippen molar-refractivity contribution in [3.8, 4) is 0 Å². The summed E-state index contributed by atoms with van der Waals surface area (Å²) in [6.07, 6.45) is 3.93. The molecule has 0 spiro atoms. The first kappa shape index (κ1) is 11.3. The average Bonchev–Trinajstić information content (AvgIpc) is 2.26. The first-order chi connectivity index (χ1) is 8.74. The van der Waals surface area contributed by atoms with Crippen LogP contribution in [0.4, 0.5) is 5.82 Å². The van der Waals surface area contributed by atoms with Crippen LogP contribution in [-0.2, 0) is 0 Å². The number of pyridine rings is 1. The summed E-state index contributed by atoms with van der Waals surface area (Å²) in [6.45, 7) is 2.19. The molecule has 0 aliphatic heterocycles. The number of hydrogen-bond acceptors (Lipinski definition) is 2. The number of fused-ring (bicyclic) bond motifs is 1. The normalized spacial score (nSPS) is 17.4. The third-order valence-corrected chi connectivity index (χ3v) is 3.99. The lowest BCUT2D eigenvalue weighted by Crippen LogP contribution is -2.31. The molecule has 3 rings (SSSR count). The second-order valence-electron chi connectivity index (χ2n) is 5.22. The zero-order chi connectivity index (χ0) is 12.5. The lowest BCUT2D eigenvalue weighted by atomic mass is 9.80. The predicted molar refractivity (Wildman–Crippen MR) is 75.0 cm³/mol. The number of aromatic amines is 1. The maximum absolute atomic E-state index is 11.9. The molecule has 1 aromatic heterocycles. The predicted octanol–water partition coefficient (Wildman–Crippen LogP) is 3.13. The molecule has 2 N–H and O–H groups in total. The lowest BCUT2D eigenvalue weighted by molar-refractivity contribution is 0.285. The molecule has 1 fully saturated rings. The monoisotopic (exact) mass is 242 g/mol. The van der Waals surface area contributed by atoms with Gasteiger partial charge in [-0.1, -0.05) is 24.6 Å². The zero-order valence-corrected chi connectivity index (χ0v) is 10.6. The minimum atomic E-state index is -0.0172. The summed E-state index contributed by atoms with van der Waals surface area (Å²) in [4.78, 5) is 14.9. The van der Waals surface area contributed by atoms with Crippen LogP contribution in [0.25, 0.3) is 10.8 Å². The van der Waals surface area contributed by atoms with Gasteiger partial charge in [0, 0.05) is 11.4 Å². The first-order valence-electron chi connectivity index (χ1n) is 6.62. The van der Waals surface area contributed by atoms with E-state index in [-0.39, 0.29) is 5.56 Å². The van der Waals surface area contributed by atoms with Crippen LogP contribution < -0.4 is 10.9 Å². The van der Waals surface area contributed by atoms with E-state index in [9.17, 15) is 4.79 Å². The van der Waals surface area contributed by atoms with Crippen molar-refractivity contribution in [2.45, 2.75) is 32.2 Å². The number of nitrogens with one attached hydrogen (secondary N) is 2. The van der Waals surface area contributed by atoms with Gasteiger partial charge in [0.2, 0.25) is 0 Å². The van der Waals surface area contributed by atoms with Crippen molar-refractivity contribution >= 4 is 16.6 Å². The van der Waals surface area contributed by atoms with Gasteiger partial charge >= 0.3 is 0 Å². The summed E-state index contributed by atoms with van der Waals surface area (Å²) in [6, 6.07) is 10.1. The van der Waals surface area contributed by atoms with Crippen LogP contribution in [0, 0.1) is 5.92 Å². The van der Waals surface area contributed by atoms with Gasteiger partial charge in [0.15, 0.2) is 0 Å². The molecule has 2 aromatic rings. The molecule has 1 heterocycles. The van der Waals surface area contributed by atoms with E-state index in [1.54, 1.807) is 0 Å². The van der Waals surface area contributed by atoms with Crippen LogP contribution in [-0.4, -0.2) is 11.0 Å². The van der Waals surface area contributed by atoms with E-state index in [4.69, 9.17) is 0 Å². The Morgan fingerprint density at radius 3 is 2.83 bits per heavy atom. The van der Waals surface area contributed by atoms with E-state index >= 15 is 0 Å². The topological polar surface area (TPSA) is 44.9 Å². The van der Waals surface area contributed by atoms with Gasteiger partial charge in [-0.25, -0.2) is 0 Å². The fraction of sp³-hybridized carbons (Fsp3) is 0.400. The van der Waals surface area contributed by atoms with Crippen molar-refractivity contribution in [1.82, 2.24) is 4.98 Å². The minimum absolute atomic E-state index is 0.0172. The van der Waals surface area contributed by atoms with Crippen molar-refractivity contribution in [3.05, 3.63) is 40.7 Å². The molecule has 0 bridgehead atoms. The van der Waals surface area contributed by atoms with Crippen LogP contribution in [0.5, 0.6) is 0 Å². The Kier molecular flexibility index (Phi) is 2.82. The van der Waals surface area contributed by atoms with Crippen molar-refractivity contribution < 1.29 is 0 Å². The molecule has 0 amide bonds. The molecule has 1 unspecified atom stereocenters. The number of aromatic nitrogens is 1. The highest BCUT2D eigenvalue weighted by Gasteiger charge is 2.23. The van der Waals surface area contributed by atoms with Gasteiger partial charge in [0.05, 0.1) is 0 Å². The molecule has 1 saturated carbocycles. The number of benzene rings is 1. The van der Waals surface area contributed by atoms with E-state index in [2.05, 4.69) is 17.2 Å². The van der Waals surface area contributed by atoms with Crippen LogP contribution in [0.1, 0.15) is 26.2 Å². The molecule has 1 aliphatic rings. The van der Waals surface area contributed by atoms with Crippen LogP contribution >= 0.6 is 0 Å². The van der Waals surface area contributed by atoms with Gasteiger partial charge in [-0.2, -0.15) is 0 Å². The van der Waals surface area contributed by atoms with E-state index < -0.39 is 0 Å². The van der Waals surface area contributed by atoms with E-state index in [0.717, 1.165) is 22.5 Å². The number of rotatable bonds is 3. The Morgan fingerprint density at radius 2 is 2.11 bits per heavy atom. The largest absolute Gasteiger partial charge is 0.369 e. The number of H-pyrrole nitrogens is 1. The maximum Gasteiger partial charge on any atom is 0.257 e. The second-order valence-corrected chi connectivity index (χ2v) is 5.22. The van der Waals surface area contributed by atoms with Crippen molar-refractivity contribution in [1.29, 1.82) is 0 Å². The van der Waals surface area contributed by atoms with E-state index in [1.807, 2.05) is 30.3 Å². The summed E-state index contributed by atoms with van der Waals surface area (Å²) in [7, 11) is 0. The van der Waals surface area contributed by atoms with Crippen molar-refractivity contribution in [2.24, 2.45) is 5.92 Å². The molecule has 0 radical (unpaired) electrons. The first-order valence-corrected chi connectivity index (χ1v) is 6.62. The Hall–Kier alpha value is -1.77. The summed E-state index contributed by atoms with van der Waals surface area (Å²) in [5, 5.41) is 5.16. The smallest absolute Gasteiger partial charge is 0.257 e. The lowest BCUT2D eigenvalue weighted by Gasteiger charge is -2.32. The Morgan fingerprint density at radius 1 is 1.33 bits per heavy atom. The zero-order valence-electron chi connectivity index (χ0n) is 10.6. The highest BCUT2D eigenvalue weighted by Crippen LogP contribution is 2.30. The Balaban J connectivity index is 1.90. The van der Waals surface area contributed by atoms with E-state index in [0.29, 0.717) is 6.04 Å². The van der Waals surface area contributed by atoms with Gasteiger partial charge in [-0.15, -0.1) is 0 Å². The van der Waals surface area contributed by atoms with Crippen LogP contribution in [0.3, 0.4) is 0 Å². The van der Waals surface area contributed by atoms with Gasteiger partial charge in [0.1, 0.15) is 5.82 Å². The molecule has 94 valence electrons. The summed E-state index contributed by atoms with van der Waals surface area (Å²) in [5.41, 5.74) is -0.0172. The molecule has 3 nitrogen and oxygen atoms in total. The van der Waals surface area contributed by atoms with Crippen molar-refractivity contribution in [2.75, 3.05) is 5.32 Å². The summed E-state index contributed by atoms with van der Waals surface area (Å²) >= 11 is 0. The van der Waals surface area contributed by atoms with Gasteiger partial charge in [-0.05, 0) is 43.2 Å². The van der Waals surface area contributed by atoms with E-state index in [1.165, 1.54) is 19.3 Å². The molecule has 1 aromatic carbocycles. The molecular formula is C15H18N2O. The second kappa shape index (κ2) is 4.48. The summed E-state index contributed by atoms with van der Waals surface area (Å²) in [5.74, 6) is 1.58. The van der Waals surface area contributed by atoms with Crippen LogP contribution in [0.2, 0.25) is 0 Å². The molecule has 0 saturated heterocycles. The quantitative estimate of drug-likeness (QED) is 0.868. The maximum atomic E-state index is 11.9. The number of hydrogen-bond donors (Lipinski definition) is 2. The van der Waals surface area contributed by atoms with Gasteiger partial charge in [-0.3, -0.25) is 4.79 Å². The fourth-order valence-corrected chi connectivity index (χ4v) is 2.59. The highest BCUT2D eigenvalue weighted by molar-refractivity contribution is 5.83. The van der Waals surface area contributed by atoms with Crippen molar-refractivity contribution in [3.63, 3.8) is 0 Å². The minimum Gasteiger partial charge on any atom is -0.369 e. The molecular weight excluding hydrogens is 224 g/mol. The molecule has 1 aliphatic carbocycles. The molecule has 3 heteroatoms. The molecule has 1 atom stereocenters. The third kappa shape index (κ3) is 2.01. The Bertz CT molecular complexity index is 613.